The second-order valence-corrected chi connectivity index (χ2v) is 11.0. The fraction of sp³-hybridized carbons (Fsp3) is 0.357. The van der Waals surface area contributed by atoms with E-state index in [9.17, 15) is 14.4 Å². The first kappa shape index (κ1) is 31.5. The third-order valence-electron chi connectivity index (χ3n) is 5.87. The number of carbonyl (C=O) groups excluding carboxylic acids is 3. The number of rotatable bonds is 14. The molecular weight excluding hydrogens is 573 g/mol. The molecule has 1 N–H and O–H groups in total. The Bertz CT molecular complexity index is 1290. The number of aromatic nitrogens is 1. The van der Waals surface area contributed by atoms with Crippen LogP contribution >= 0.6 is 34.5 Å². The molecule has 0 saturated carbocycles. The first-order valence-electron chi connectivity index (χ1n) is 12.6. The summed E-state index contributed by atoms with van der Waals surface area (Å²) in [5, 5.41) is 5.43. The number of nitrogens with zero attached hydrogens (tertiary/aromatic N) is 4. The van der Waals surface area contributed by atoms with Crippen molar-refractivity contribution >= 4 is 57.4 Å². The molecule has 0 aliphatic carbocycles. The number of ether oxygens (including phenoxy) is 1. The highest BCUT2D eigenvalue weighted by Gasteiger charge is 2.22. The molecule has 0 bridgehead atoms. The quantitative estimate of drug-likeness (QED) is 0.294. The fourth-order valence-electron chi connectivity index (χ4n) is 3.75. The van der Waals surface area contributed by atoms with Crippen LogP contribution < -0.4 is 5.32 Å². The van der Waals surface area contributed by atoms with Crippen molar-refractivity contribution in [2.75, 3.05) is 59.3 Å². The molecule has 0 spiro atoms. The maximum atomic E-state index is 13.2. The van der Waals surface area contributed by atoms with Crippen LogP contribution in [0.5, 0.6) is 0 Å². The minimum atomic E-state index is -0.432. The van der Waals surface area contributed by atoms with Gasteiger partial charge >= 0.3 is 0 Å². The first-order valence-corrected chi connectivity index (χ1v) is 14.2. The van der Waals surface area contributed by atoms with Gasteiger partial charge in [-0.25, -0.2) is 4.98 Å². The molecule has 0 unspecified atom stereocenters. The fourth-order valence-corrected chi connectivity index (χ4v) is 4.96. The number of thiazole rings is 1. The van der Waals surface area contributed by atoms with E-state index in [0.29, 0.717) is 28.9 Å². The SMILES string of the molecule is COCCN(CC(=O)Nc1nc(CC(=O)N(CCN(C)C)Cc2ccccc2)cs1)C(=O)c1ccc(Cl)cc1Cl. The average Bonchev–Trinajstić information content (AvgIpc) is 3.35. The van der Waals surface area contributed by atoms with Gasteiger partial charge in [-0.2, -0.15) is 0 Å². The molecule has 3 rings (SSSR count). The van der Waals surface area contributed by atoms with Crippen LogP contribution in [0.2, 0.25) is 10.0 Å². The lowest BCUT2D eigenvalue weighted by atomic mass is 10.2. The van der Waals surface area contributed by atoms with Crippen LogP contribution in [0, 0.1) is 0 Å². The van der Waals surface area contributed by atoms with Crippen molar-refractivity contribution in [1.29, 1.82) is 0 Å². The van der Waals surface area contributed by atoms with Crippen LogP contribution in [0.1, 0.15) is 21.6 Å². The van der Waals surface area contributed by atoms with Gasteiger partial charge in [0.1, 0.15) is 6.54 Å². The summed E-state index contributed by atoms with van der Waals surface area (Å²) in [5.74, 6) is -0.904. The topological polar surface area (TPSA) is 95.1 Å². The van der Waals surface area contributed by atoms with Crippen molar-refractivity contribution in [3.8, 4) is 0 Å². The summed E-state index contributed by atoms with van der Waals surface area (Å²) >= 11 is 13.4. The zero-order valence-electron chi connectivity index (χ0n) is 22.7. The van der Waals surface area contributed by atoms with Gasteiger partial charge in [-0.3, -0.25) is 14.4 Å². The maximum absolute atomic E-state index is 13.2. The van der Waals surface area contributed by atoms with Crippen LogP contribution in [-0.2, 0) is 27.3 Å². The lowest BCUT2D eigenvalue weighted by molar-refractivity contribution is -0.131. The summed E-state index contributed by atoms with van der Waals surface area (Å²) in [6.45, 7) is 2.01. The number of likely N-dealkylation sites (N-methyl/N-ethyl adjacent to an activating group) is 1. The maximum Gasteiger partial charge on any atom is 0.255 e. The Morgan fingerprint density at radius 1 is 1.00 bits per heavy atom. The van der Waals surface area contributed by atoms with Crippen molar-refractivity contribution in [2.24, 2.45) is 0 Å². The number of methoxy groups -OCH3 is 1. The largest absolute Gasteiger partial charge is 0.383 e. The predicted octanol–water partition coefficient (Wildman–Crippen LogP) is 4.31. The van der Waals surface area contributed by atoms with Gasteiger partial charge < -0.3 is 24.8 Å². The summed E-state index contributed by atoms with van der Waals surface area (Å²) in [7, 11) is 5.45. The normalized spacial score (nSPS) is 10.9. The average molecular weight is 607 g/mol. The van der Waals surface area contributed by atoms with Crippen LogP contribution in [0.3, 0.4) is 0 Å². The predicted molar refractivity (Wildman–Crippen MR) is 159 cm³/mol. The Balaban J connectivity index is 1.63. The molecule has 0 radical (unpaired) electrons. The molecule has 3 aromatic rings. The van der Waals surface area contributed by atoms with E-state index >= 15 is 0 Å². The summed E-state index contributed by atoms with van der Waals surface area (Å²) in [4.78, 5) is 48.7. The van der Waals surface area contributed by atoms with Crippen LogP contribution in [0.4, 0.5) is 5.13 Å². The van der Waals surface area contributed by atoms with E-state index in [1.807, 2.05) is 54.2 Å². The molecule has 9 nitrogen and oxygen atoms in total. The number of anilines is 1. The number of benzene rings is 2. The van der Waals surface area contributed by atoms with Gasteiger partial charge in [0.2, 0.25) is 11.8 Å². The summed E-state index contributed by atoms with van der Waals surface area (Å²) in [5.41, 5.74) is 1.85. The monoisotopic (exact) mass is 605 g/mol. The molecular formula is C28H33Cl2N5O4S. The Kier molecular flexibility index (Phi) is 12.4. The Morgan fingerprint density at radius 3 is 2.42 bits per heavy atom. The third kappa shape index (κ3) is 9.87. The molecule has 1 heterocycles. The molecule has 0 aliphatic heterocycles. The Morgan fingerprint density at radius 2 is 1.75 bits per heavy atom. The van der Waals surface area contributed by atoms with E-state index in [1.165, 1.54) is 35.5 Å². The van der Waals surface area contributed by atoms with E-state index in [-0.39, 0.29) is 42.6 Å². The van der Waals surface area contributed by atoms with Gasteiger partial charge in [0, 0.05) is 43.7 Å². The second-order valence-electron chi connectivity index (χ2n) is 9.32. The molecule has 3 amide bonds. The van der Waals surface area contributed by atoms with Crippen molar-refractivity contribution in [1.82, 2.24) is 19.7 Å². The van der Waals surface area contributed by atoms with Crippen LogP contribution in [0.15, 0.2) is 53.9 Å². The van der Waals surface area contributed by atoms with E-state index in [0.717, 1.165) is 12.1 Å². The number of hydrogen-bond donors (Lipinski definition) is 1. The van der Waals surface area contributed by atoms with E-state index in [4.69, 9.17) is 27.9 Å². The molecule has 214 valence electrons. The molecule has 2 aromatic carbocycles. The standard InChI is InChI=1S/C28H33Cl2N5O4S/c1-33(2)11-12-34(17-20-7-5-4-6-8-20)26(37)16-22-19-40-28(31-22)32-25(36)18-35(13-14-39-3)27(38)23-10-9-21(29)15-24(23)30/h4-10,15,19H,11-14,16-18H2,1-3H3,(H,31,32,36). The van der Waals surface area contributed by atoms with Gasteiger partial charge in [-0.15, -0.1) is 11.3 Å². The number of nitrogens with one attached hydrogen (secondary N) is 1. The van der Waals surface area contributed by atoms with Gasteiger partial charge in [0.15, 0.2) is 5.13 Å². The smallest absolute Gasteiger partial charge is 0.255 e. The van der Waals surface area contributed by atoms with Crippen molar-refractivity contribution in [3.05, 3.63) is 80.8 Å². The number of carbonyl (C=O) groups is 3. The lowest BCUT2D eigenvalue weighted by Crippen LogP contribution is -2.40. The van der Waals surface area contributed by atoms with Crippen LogP contribution in [0.25, 0.3) is 0 Å². The number of hydrogen-bond acceptors (Lipinski definition) is 7. The third-order valence-corrected chi connectivity index (χ3v) is 7.22. The van der Waals surface area contributed by atoms with Gasteiger partial charge in [-0.1, -0.05) is 53.5 Å². The molecule has 0 aliphatic rings. The number of amides is 3. The van der Waals surface area contributed by atoms with Gasteiger partial charge in [0.25, 0.3) is 5.91 Å². The zero-order valence-corrected chi connectivity index (χ0v) is 25.1. The van der Waals surface area contributed by atoms with Gasteiger partial charge in [0.05, 0.1) is 29.3 Å². The molecule has 0 atom stereocenters. The molecule has 40 heavy (non-hydrogen) atoms. The zero-order chi connectivity index (χ0) is 29.1. The van der Waals surface area contributed by atoms with E-state index in [1.54, 1.807) is 11.4 Å². The highest BCUT2D eigenvalue weighted by molar-refractivity contribution is 7.13. The minimum Gasteiger partial charge on any atom is -0.383 e. The lowest BCUT2D eigenvalue weighted by Gasteiger charge is -2.24. The molecule has 0 fully saturated rings. The molecule has 1 aromatic heterocycles. The van der Waals surface area contributed by atoms with Crippen molar-refractivity contribution in [3.63, 3.8) is 0 Å². The van der Waals surface area contributed by atoms with Gasteiger partial charge in [-0.05, 0) is 37.9 Å². The second kappa shape index (κ2) is 15.7. The van der Waals surface area contributed by atoms with E-state index in [2.05, 4.69) is 10.3 Å². The summed E-state index contributed by atoms with van der Waals surface area (Å²) < 4.78 is 5.11. The first-order chi connectivity index (χ1) is 19.2. The van der Waals surface area contributed by atoms with E-state index < -0.39 is 11.8 Å². The molecule has 12 heteroatoms. The van der Waals surface area contributed by atoms with Crippen LogP contribution in [-0.4, -0.2) is 91.4 Å². The minimum absolute atomic E-state index is 0.0509. The summed E-state index contributed by atoms with van der Waals surface area (Å²) in [6, 6.07) is 14.4. The number of halogens is 2. The summed E-state index contributed by atoms with van der Waals surface area (Å²) in [6.07, 6.45) is 0.111. The highest BCUT2D eigenvalue weighted by atomic mass is 35.5. The Labute approximate surface area is 248 Å². The van der Waals surface area contributed by atoms with Crippen molar-refractivity contribution < 1.29 is 19.1 Å². The molecule has 0 saturated heterocycles. The highest BCUT2D eigenvalue weighted by Crippen LogP contribution is 2.23. The van der Waals surface area contributed by atoms with Crippen molar-refractivity contribution in [2.45, 2.75) is 13.0 Å². The Hall–Kier alpha value is -3.02.